The molecule has 2 aliphatic heterocycles. The highest BCUT2D eigenvalue weighted by Gasteiger charge is 2.31. The minimum Gasteiger partial charge on any atom is -0.481 e. The molecular weight excluding hydrogens is 358 g/mol. The van der Waals surface area contributed by atoms with Crippen LogP contribution in [0.25, 0.3) is 0 Å². The quantitative estimate of drug-likeness (QED) is 0.813. The zero-order valence-corrected chi connectivity index (χ0v) is 16.4. The molecule has 2 heterocycles. The van der Waals surface area contributed by atoms with Crippen molar-refractivity contribution in [3.63, 3.8) is 0 Å². The Bertz CT molecular complexity index is 713. The van der Waals surface area contributed by atoms with E-state index < -0.39 is 11.9 Å². The van der Waals surface area contributed by atoms with E-state index in [1.54, 1.807) is 19.1 Å². The summed E-state index contributed by atoms with van der Waals surface area (Å²) in [4.78, 5) is 39.9. The number of carboxylic acids is 1. The number of anilines is 1. The average molecular weight is 387 g/mol. The Hall–Kier alpha value is -2.57. The summed E-state index contributed by atoms with van der Waals surface area (Å²) in [6.45, 7) is 4.50. The van der Waals surface area contributed by atoms with Crippen LogP contribution in [0.3, 0.4) is 0 Å². The summed E-state index contributed by atoms with van der Waals surface area (Å²) < 4.78 is 0. The molecule has 1 aromatic carbocycles. The molecule has 0 bridgehead atoms. The Morgan fingerprint density at radius 3 is 2.36 bits per heavy atom. The van der Waals surface area contributed by atoms with E-state index in [4.69, 9.17) is 5.11 Å². The molecule has 2 N–H and O–H groups in total. The number of carbonyl (C=O) groups excluding carboxylic acids is 2. The second-order valence-corrected chi connectivity index (χ2v) is 7.89. The highest BCUT2D eigenvalue weighted by Crippen LogP contribution is 2.22. The Balaban J connectivity index is 1.53. The zero-order valence-electron chi connectivity index (χ0n) is 16.4. The molecule has 2 atom stereocenters. The fourth-order valence-corrected chi connectivity index (χ4v) is 3.88. The molecule has 152 valence electrons. The molecule has 2 aliphatic rings. The molecule has 7 heteroatoms. The Morgan fingerprint density at radius 1 is 1.07 bits per heavy atom. The van der Waals surface area contributed by atoms with Crippen molar-refractivity contribution in [3.8, 4) is 0 Å². The van der Waals surface area contributed by atoms with Crippen molar-refractivity contribution < 1.29 is 19.5 Å². The van der Waals surface area contributed by atoms with Crippen molar-refractivity contribution in [2.75, 3.05) is 31.5 Å². The highest BCUT2D eigenvalue weighted by molar-refractivity contribution is 5.93. The van der Waals surface area contributed by atoms with Crippen LogP contribution in [-0.2, 0) is 16.0 Å². The van der Waals surface area contributed by atoms with Crippen LogP contribution in [-0.4, -0.2) is 59.0 Å². The molecule has 0 aliphatic carbocycles. The predicted octanol–water partition coefficient (Wildman–Crippen LogP) is 2.82. The maximum Gasteiger partial charge on any atom is 0.320 e. The topological polar surface area (TPSA) is 90.0 Å². The molecule has 2 saturated heterocycles. The molecule has 0 aromatic heterocycles. The maximum atomic E-state index is 12.7. The number of hydrogen-bond donors (Lipinski definition) is 2. The number of hydrogen-bond acceptors (Lipinski definition) is 3. The molecule has 7 nitrogen and oxygen atoms in total. The first-order valence-corrected chi connectivity index (χ1v) is 10.1. The lowest BCUT2D eigenvalue weighted by molar-refractivity contribution is -0.141. The molecular formula is C21H29N3O4. The first-order valence-electron chi connectivity index (χ1n) is 10.1. The van der Waals surface area contributed by atoms with Gasteiger partial charge in [0.1, 0.15) is 0 Å². The summed E-state index contributed by atoms with van der Waals surface area (Å²) >= 11 is 0. The van der Waals surface area contributed by atoms with Gasteiger partial charge in [0, 0.05) is 31.9 Å². The summed E-state index contributed by atoms with van der Waals surface area (Å²) in [5, 5.41) is 11.9. The summed E-state index contributed by atoms with van der Waals surface area (Å²) in [6.07, 6.45) is 4.20. The maximum absolute atomic E-state index is 12.7. The van der Waals surface area contributed by atoms with Crippen LogP contribution < -0.4 is 5.32 Å². The SMILES string of the molecule is CC(Cc1ccc(NC(=O)C2CCCN(C(=O)N3CCCC3)C2)cc1)C(=O)O. The van der Waals surface area contributed by atoms with Crippen molar-refractivity contribution in [2.45, 2.75) is 39.0 Å². The minimum atomic E-state index is -0.817. The third-order valence-electron chi connectivity index (χ3n) is 5.62. The molecule has 3 rings (SSSR count). The van der Waals surface area contributed by atoms with Gasteiger partial charge in [-0.1, -0.05) is 19.1 Å². The van der Waals surface area contributed by atoms with E-state index in [1.165, 1.54) is 0 Å². The van der Waals surface area contributed by atoms with Gasteiger partial charge in [-0.2, -0.15) is 0 Å². The molecule has 0 saturated carbocycles. The second-order valence-electron chi connectivity index (χ2n) is 7.89. The number of amides is 3. The fourth-order valence-electron chi connectivity index (χ4n) is 3.88. The fraction of sp³-hybridized carbons (Fsp3) is 0.571. The van der Waals surface area contributed by atoms with Crippen LogP contribution in [0.1, 0.15) is 38.2 Å². The van der Waals surface area contributed by atoms with Gasteiger partial charge >= 0.3 is 12.0 Å². The van der Waals surface area contributed by atoms with E-state index in [-0.39, 0.29) is 17.9 Å². The van der Waals surface area contributed by atoms with Crippen molar-refractivity contribution in [2.24, 2.45) is 11.8 Å². The van der Waals surface area contributed by atoms with Crippen LogP contribution in [0.5, 0.6) is 0 Å². The Morgan fingerprint density at radius 2 is 1.71 bits per heavy atom. The van der Waals surface area contributed by atoms with Gasteiger partial charge in [0.25, 0.3) is 0 Å². The van der Waals surface area contributed by atoms with Crippen molar-refractivity contribution >= 4 is 23.6 Å². The van der Waals surface area contributed by atoms with Gasteiger partial charge in [0.15, 0.2) is 0 Å². The van der Waals surface area contributed by atoms with E-state index in [0.29, 0.717) is 18.7 Å². The van der Waals surface area contributed by atoms with Gasteiger partial charge in [0.05, 0.1) is 11.8 Å². The summed E-state index contributed by atoms with van der Waals surface area (Å²) in [7, 11) is 0. The average Bonchev–Trinajstić information content (AvgIpc) is 3.23. The van der Waals surface area contributed by atoms with Gasteiger partial charge in [-0.3, -0.25) is 9.59 Å². The largest absolute Gasteiger partial charge is 0.481 e. The molecule has 0 spiro atoms. The van der Waals surface area contributed by atoms with Crippen LogP contribution >= 0.6 is 0 Å². The van der Waals surface area contributed by atoms with E-state index in [1.807, 2.05) is 21.9 Å². The summed E-state index contributed by atoms with van der Waals surface area (Å²) in [6, 6.07) is 7.36. The van der Waals surface area contributed by atoms with Crippen LogP contribution in [0.2, 0.25) is 0 Å². The molecule has 28 heavy (non-hydrogen) atoms. The van der Waals surface area contributed by atoms with Gasteiger partial charge in [-0.15, -0.1) is 0 Å². The number of likely N-dealkylation sites (tertiary alicyclic amines) is 2. The third kappa shape index (κ3) is 5.03. The number of benzene rings is 1. The third-order valence-corrected chi connectivity index (χ3v) is 5.62. The Labute approximate surface area is 165 Å². The highest BCUT2D eigenvalue weighted by atomic mass is 16.4. The lowest BCUT2D eigenvalue weighted by atomic mass is 9.97. The lowest BCUT2D eigenvalue weighted by Crippen LogP contribution is -2.48. The number of urea groups is 1. The Kier molecular flexibility index (Phi) is 6.54. The van der Waals surface area contributed by atoms with Gasteiger partial charge in [-0.25, -0.2) is 4.79 Å². The minimum absolute atomic E-state index is 0.0619. The number of aliphatic carboxylic acids is 1. The number of carbonyl (C=O) groups is 3. The first-order chi connectivity index (χ1) is 13.4. The predicted molar refractivity (Wildman–Crippen MR) is 106 cm³/mol. The van der Waals surface area contributed by atoms with Gasteiger partial charge in [-0.05, 0) is 49.8 Å². The van der Waals surface area contributed by atoms with E-state index >= 15 is 0 Å². The standard InChI is InChI=1S/C21H29N3O4/c1-15(20(26)27)13-16-6-8-18(9-7-16)22-19(25)17-5-4-12-24(14-17)21(28)23-10-2-3-11-23/h6-9,15,17H,2-5,10-14H2,1H3,(H,22,25)(H,26,27). The molecule has 2 unspecified atom stereocenters. The van der Waals surface area contributed by atoms with Crippen LogP contribution in [0.15, 0.2) is 24.3 Å². The number of nitrogens with zero attached hydrogens (tertiary/aromatic N) is 2. The van der Waals surface area contributed by atoms with E-state index in [9.17, 15) is 14.4 Å². The number of carboxylic acid groups (broad SMARTS) is 1. The van der Waals surface area contributed by atoms with Gasteiger partial charge in [0.2, 0.25) is 5.91 Å². The second kappa shape index (κ2) is 9.08. The van der Waals surface area contributed by atoms with Crippen molar-refractivity contribution in [1.82, 2.24) is 9.80 Å². The first kappa shape index (κ1) is 20.2. The van der Waals surface area contributed by atoms with Crippen molar-refractivity contribution in [3.05, 3.63) is 29.8 Å². The monoisotopic (exact) mass is 387 g/mol. The van der Waals surface area contributed by atoms with Crippen LogP contribution in [0.4, 0.5) is 10.5 Å². The molecule has 3 amide bonds. The van der Waals surface area contributed by atoms with Crippen molar-refractivity contribution in [1.29, 1.82) is 0 Å². The van der Waals surface area contributed by atoms with Gasteiger partial charge < -0.3 is 20.2 Å². The van der Waals surface area contributed by atoms with E-state index in [2.05, 4.69) is 5.32 Å². The summed E-state index contributed by atoms with van der Waals surface area (Å²) in [5.74, 6) is -1.53. The number of piperidine rings is 1. The molecule has 0 radical (unpaired) electrons. The smallest absolute Gasteiger partial charge is 0.320 e. The number of nitrogens with one attached hydrogen (secondary N) is 1. The molecule has 1 aromatic rings. The summed E-state index contributed by atoms with van der Waals surface area (Å²) in [5.41, 5.74) is 1.62. The normalized spacial score (nSPS) is 20.7. The zero-order chi connectivity index (χ0) is 20.1. The lowest BCUT2D eigenvalue weighted by Gasteiger charge is -2.34. The van der Waals surface area contributed by atoms with E-state index in [0.717, 1.165) is 50.9 Å². The molecule has 2 fully saturated rings. The number of rotatable bonds is 5. The van der Waals surface area contributed by atoms with Crippen LogP contribution in [0, 0.1) is 11.8 Å².